The molecule has 116 valence electrons. The number of carboxylic acids is 1. The SMILES string of the molecule is CC(C)OC(=O)NS(=O)(=O)Nc1ccc(F)c(C(=O)O)c1. The highest BCUT2D eigenvalue weighted by Gasteiger charge is 2.18. The summed E-state index contributed by atoms with van der Waals surface area (Å²) in [4.78, 5) is 21.9. The molecule has 1 aromatic rings. The van der Waals surface area contributed by atoms with Gasteiger partial charge in [0.05, 0.1) is 17.4 Å². The number of rotatable bonds is 5. The Hall–Kier alpha value is -2.36. The quantitative estimate of drug-likeness (QED) is 0.752. The van der Waals surface area contributed by atoms with Gasteiger partial charge in [0.2, 0.25) is 0 Å². The van der Waals surface area contributed by atoms with Crippen molar-refractivity contribution >= 4 is 28.0 Å². The number of benzene rings is 1. The van der Waals surface area contributed by atoms with Crippen LogP contribution < -0.4 is 9.44 Å². The second-order valence-electron chi connectivity index (χ2n) is 4.16. The maximum absolute atomic E-state index is 13.2. The average Bonchev–Trinajstić information content (AvgIpc) is 2.28. The van der Waals surface area contributed by atoms with E-state index in [-0.39, 0.29) is 5.69 Å². The lowest BCUT2D eigenvalue weighted by Gasteiger charge is -2.12. The smallest absolute Gasteiger partial charge is 0.422 e. The lowest BCUT2D eigenvalue weighted by Crippen LogP contribution is -2.36. The molecule has 0 saturated carbocycles. The van der Waals surface area contributed by atoms with E-state index in [4.69, 9.17) is 5.11 Å². The molecule has 1 rings (SSSR count). The van der Waals surface area contributed by atoms with Crippen molar-refractivity contribution in [3.8, 4) is 0 Å². The summed E-state index contributed by atoms with van der Waals surface area (Å²) in [5.74, 6) is -2.57. The van der Waals surface area contributed by atoms with Gasteiger partial charge in [-0.1, -0.05) is 0 Å². The number of hydrogen-bond donors (Lipinski definition) is 3. The fraction of sp³-hybridized carbons (Fsp3) is 0.273. The van der Waals surface area contributed by atoms with Crippen LogP contribution in [0.25, 0.3) is 0 Å². The van der Waals surface area contributed by atoms with Crippen LogP contribution >= 0.6 is 0 Å². The van der Waals surface area contributed by atoms with E-state index in [0.29, 0.717) is 0 Å². The molecular formula is C11H13FN2O6S. The van der Waals surface area contributed by atoms with Crippen LogP contribution in [0.1, 0.15) is 24.2 Å². The summed E-state index contributed by atoms with van der Waals surface area (Å²) in [6.07, 6.45) is -1.72. The second kappa shape index (κ2) is 6.39. The van der Waals surface area contributed by atoms with Gasteiger partial charge < -0.3 is 9.84 Å². The van der Waals surface area contributed by atoms with E-state index >= 15 is 0 Å². The molecule has 0 unspecified atom stereocenters. The third kappa shape index (κ3) is 5.26. The van der Waals surface area contributed by atoms with Crippen molar-refractivity contribution in [3.05, 3.63) is 29.6 Å². The number of aromatic carboxylic acids is 1. The molecule has 21 heavy (non-hydrogen) atoms. The molecule has 0 aliphatic heterocycles. The number of carbonyl (C=O) groups excluding carboxylic acids is 1. The minimum absolute atomic E-state index is 0.223. The standard InChI is InChI=1S/C11H13FN2O6S/c1-6(2)20-11(17)14-21(18,19)13-7-3-4-9(12)8(5-7)10(15)16/h3-6,13H,1-2H3,(H,14,17)(H,15,16). The molecule has 0 radical (unpaired) electrons. The van der Waals surface area contributed by atoms with Gasteiger partial charge in [-0.05, 0) is 32.0 Å². The second-order valence-corrected chi connectivity index (χ2v) is 5.58. The molecule has 3 N–H and O–H groups in total. The van der Waals surface area contributed by atoms with Crippen molar-refractivity contribution in [1.29, 1.82) is 0 Å². The van der Waals surface area contributed by atoms with E-state index in [0.717, 1.165) is 18.2 Å². The number of ether oxygens (including phenoxy) is 1. The molecule has 10 heteroatoms. The van der Waals surface area contributed by atoms with Crippen LogP contribution in [0.3, 0.4) is 0 Å². The molecule has 0 aliphatic carbocycles. The molecular weight excluding hydrogens is 307 g/mol. The Morgan fingerprint density at radius 1 is 1.33 bits per heavy atom. The van der Waals surface area contributed by atoms with Gasteiger partial charge in [-0.3, -0.25) is 4.72 Å². The van der Waals surface area contributed by atoms with Crippen molar-refractivity contribution in [2.75, 3.05) is 4.72 Å². The number of hydrogen-bond acceptors (Lipinski definition) is 5. The van der Waals surface area contributed by atoms with Crippen molar-refractivity contribution in [1.82, 2.24) is 4.72 Å². The first-order valence-electron chi connectivity index (χ1n) is 5.64. The number of carboxylic acid groups (broad SMARTS) is 1. The molecule has 0 aromatic heterocycles. The van der Waals surface area contributed by atoms with E-state index in [9.17, 15) is 22.4 Å². The first-order valence-corrected chi connectivity index (χ1v) is 7.13. The number of halogens is 1. The van der Waals surface area contributed by atoms with Crippen LogP contribution in [0, 0.1) is 5.82 Å². The largest absolute Gasteiger partial charge is 0.478 e. The molecule has 0 spiro atoms. The topological polar surface area (TPSA) is 122 Å². The van der Waals surface area contributed by atoms with Crippen molar-refractivity contribution in [3.63, 3.8) is 0 Å². The molecule has 8 nitrogen and oxygen atoms in total. The number of nitrogens with one attached hydrogen (secondary N) is 2. The minimum Gasteiger partial charge on any atom is -0.478 e. The molecule has 0 saturated heterocycles. The zero-order valence-corrected chi connectivity index (χ0v) is 11.9. The highest BCUT2D eigenvalue weighted by molar-refractivity contribution is 7.91. The zero-order chi connectivity index (χ0) is 16.2. The predicted octanol–water partition coefficient (Wildman–Crippen LogP) is 1.32. The van der Waals surface area contributed by atoms with E-state index < -0.39 is 39.8 Å². The van der Waals surface area contributed by atoms with E-state index in [1.54, 1.807) is 4.72 Å². The fourth-order valence-corrected chi connectivity index (χ4v) is 2.04. The minimum atomic E-state index is -4.32. The maximum Gasteiger partial charge on any atom is 0.422 e. The Labute approximate surface area is 120 Å². The lowest BCUT2D eigenvalue weighted by atomic mass is 10.2. The maximum atomic E-state index is 13.2. The first kappa shape index (κ1) is 16.7. The van der Waals surface area contributed by atoms with Crippen LogP contribution in [0.15, 0.2) is 18.2 Å². The molecule has 0 fully saturated rings. The normalized spacial score (nSPS) is 11.0. The Morgan fingerprint density at radius 2 is 1.95 bits per heavy atom. The van der Waals surface area contributed by atoms with Crippen molar-refractivity contribution < 1.29 is 32.2 Å². The summed E-state index contributed by atoms with van der Waals surface area (Å²) in [5.41, 5.74) is -0.932. The monoisotopic (exact) mass is 320 g/mol. The van der Waals surface area contributed by atoms with Crippen LogP contribution in [-0.4, -0.2) is 31.7 Å². The first-order chi connectivity index (χ1) is 9.60. The van der Waals surface area contributed by atoms with Gasteiger partial charge in [-0.2, -0.15) is 8.42 Å². The fourth-order valence-electron chi connectivity index (χ4n) is 1.28. The molecule has 0 atom stereocenters. The van der Waals surface area contributed by atoms with Crippen LogP contribution in [0.2, 0.25) is 0 Å². The molecule has 0 heterocycles. The van der Waals surface area contributed by atoms with Crippen molar-refractivity contribution in [2.45, 2.75) is 20.0 Å². The molecule has 0 bridgehead atoms. The third-order valence-corrected chi connectivity index (χ3v) is 2.95. The zero-order valence-electron chi connectivity index (χ0n) is 11.1. The highest BCUT2D eigenvalue weighted by atomic mass is 32.2. The molecule has 1 aromatic carbocycles. The van der Waals surface area contributed by atoms with E-state index in [1.165, 1.54) is 13.8 Å². The van der Waals surface area contributed by atoms with Crippen LogP contribution in [0.4, 0.5) is 14.9 Å². The van der Waals surface area contributed by atoms with Crippen LogP contribution in [0.5, 0.6) is 0 Å². The average molecular weight is 320 g/mol. The number of carbonyl (C=O) groups is 2. The van der Waals surface area contributed by atoms with Gasteiger partial charge in [-0.15, -0.1) is 0 Å². The van der Waals surface area contributed by atoms with E-state index in [1.807, 2.05) is 4.72 Å². The highest BCUT2D eigenvalue weighted by Crippen LogP contribution is 2.15. The van der Waals surface area contributed by atoms with Gasteiger partial charge >= 0.3 is 22.3 Å². The van der Waals surface area contributed by atoms with E-state index in [2.05, 4.69) is 4.74 Å². The van der Waals surface area contributed by atoms with Gasteiger partial charge in [-0.25, -0.2) is 18.7 Å². The number of anilines is 1. The Bertz CT molecular complexity index is 659. The summed E-state index contributed by atoms with van der Waals surface area (Å²) in [5, 5.41) is 8.73. The number of amides is 1. The van der Waals surface area contributed by atoms with Gasteiger partial charge in [0.25, 0.3) is 0 Å². The summed E-state index contributed by atoms with van der Waals surface area (Å²) < 4.78 is 44.4. The molecule has 1 amide bonds. The van der Waals surface area contributed by atoms with Gasteiger partial charge in [0, 0.05) is 0 Å². The van der Waals surface area contributed by atoms with Crippen molar-refractivity contribution in [2.24, 2.45) is 0 Å². The molecule has 0 aliphatic rings. The summed E-state index contributed by atoms with van der Waals surface area (Å²) >= 11 is 0. The summed E-state index contributed by atoms with van der Waals surface area (Å²) in [6, 6.07) is 2.58. The Morgan fingerprint density at radius 3 is 2.48 bits per heavy atom. The lowest BCUT2D eigenvalue weighted by molar-refractivity contribution is 0.0691. The summed E-state index contributed by atoms with van der Waals surface area (Å²) in [6.45, 7) is 3.05. The van der Waals surface area contributed by atoms with Gasteiger partial charge in [0.15, 0.2) is 0 Å². The predicted molar refractivity (Wildman–Crippen MR) is 70.7 cm³/mol. The van der Waals surface area contributed by atoms with Crippen LogP contribution in [-0.2, 0) is 14.9 Å². The van der Waals surface area contributed by atoms with Gasteiger partial charge in [0.1, 0.15) is 5.82 Å². The Balaban J connectivity index is 2.87. The third-order valence-electron chi connectivity index (χ3n) is 2.01. The Kier molecular flexibility index (Phi) is 5.08. The summed E-state index contributed by atoms with van der Waals surface area (Å²) in [7, 11) is -4.32.